The molecular weight excluding hydrogens is 704 g/mol. The molecule has 50 heavy (non-hydrogen) atoms. The number of nitro groups is 1. The van der Waals surface area contributed by atoms with E-state index >= 15 is 0 Å². The molecule has 0 aromatic heterocycles. The number of amides is 1. The second kappa shape index (κ2) is 17.8. The molecule has 0 spiro atoms. The highest BCUT2D eigenvalue weighted by atomic mass is 32.2. The molecule has 1 aromatic carbocycles. The topological polar surface area (TPSA) is 159 Å². The lowest BCUT2D eigenvalue weighted by Crippen LogP contribution is -2.69. The van der Waals surface area contributed by atoms with Crippen LogP contribution in [0.2, 0.25) is 18.1 Å². The molecule has 2 heterocycles. The van der Waals surface area contributed by atoms with Crippen molar-refractivity contribution in [3.63, 3.8) is 0 Å². The van der Waals surface area contributed by atoms with Gasteiger partial charge in [-0.2, -0.15) is 0 Å². The summed E-state index contributed by atoms with van der Waals surface area (Å²) in [6.07, 6.45) is -0.642. The summed E-state index contributed by atoms with van der Waals surface area (Å²) in [7, 11) is -4.15. The molecule has 3 rings (SSSR count). The predicted octanol–water partition coefficient (Wildman–Crippen LogP) is 5.87. The molecule has 3 atom stereocenters. The molecule has 1 saturated heterocycles. The van der Waals surface area contributed by atoms with E-state index in [4.69, 9.17) is 22.7 Å². The number of thioether (sulfide) groups is 1. The first kappa shape index (κ1) is 41.8. The van der Waals surface area contributed by atoms with E-state index in [0.717, 1.165) is 24.1 Å². The van der Waals surface area contributed by atoms with E-state index < -0.39 is 50.7 Å². The van der Waals surface area contributed by atoms with Gasteiger partial charge in [0.2, 0.25) is 11.3 Å². The highest BCUT2D eigenvalue weighted by molar-refractivity contribution is 8.14. The lowest BCUT2D eigenvalue weighted by Gasteiger charge is -2.52. The van der Waals surface area contributed by atoms with E-state index in [9.17, 15) is 24.5 Å². The van der Waals surface area contributed by atoms with Gasteiger partial charge in [0.15, 0.2) is 13.4 Å². The van der Waals surface area contributed by atoms with E-state index in [1.807, 2.05) is 18.9 Å². The van der Waals surface area contributed by atoms with Gasteiger partial charge in [-0.25, -0.2) is 4.79 Å². The van der Waals surface area contributed by atoms with E-state index in [-0.39, 0.29) is 54.1 Å². The van der Waals surface area contributed by atoms with Gasteiger partial charge < -0.3 is 27.6 Å². The average molecular weight is 757 g/mol. The number of hydrogen-bond donors (Lipinski definition) is 0. The van der Waals surface area contributed by atoms with Gasteiger partial charge in [-0.05, 0) is 63.5 Å². The molecule has 0 radical (unpaired) electrons. The SMILES string of the molecule is CCOP(OCC)(OCC)=C(C(=O)OCc1ccc([N+](=O)[O-])cc1)N1C(=O)C(C(C)O[Si](C)(C)C(C)(C)C)C1CC(=O)SCC1=NCCN1C. The molecule has 280 valence electrons. The fourth-order valence-electron chi connectivity index (χ4n) is 5.46. The van der Waals surface area contributed by atoms with Gasteiger partial charge in [0.1, 0.15) is 12.4 Å². The van der Waals surface area contributed by atoms with E-state index in [0.29, 0.717) is 17.9 Å². The van der Waals surface area contributed by atoms with Gasteiger partial charge in [-0.1, -0.05) is 32.5 Å². The molecule has 0 aliphatic carbocycles. The highest BCUT2D eigenvalue weighted by Gasteiger charge is 2.58. The number of aliphatic imine (C=N–C) groups is 1. The van der Waals surface area contributed by atoms with Crippen molar-refractivity contribution in [2.75, 3.05) is 45.7 Å². The summed E-state index contributed by atoms with van der Waals surface area (Å²) in [5, 5.41) is 10.8. The molecule has 14 nitrogen and oxygen atoms in total. The lowest BCUT2D eigenvalue weighted by molar-refractivity contribution is -0.384. The van der Waals surface area contributed by atoms with Gasteiger partial charge >= 0.3 is 5.97 Å². The van der Waals surface area contributed by atoms with Crippen LogP contribution >= 0.6 is 19.3 Å². The zero-order chi connectivity index (χ0) is 37.4. The number of hydrogen-bond acceptors (Lipinski definition) is 13. The fraction of sp³-hybridized carbons (Fsp3) is 0.667. The summed E-state index contributed by atoms with van der Waals surface area (Å²) in [4.78, 5) is 60.7. The standard InChI is InChI=1S/C33H53N4O10PSSi/c1-11-44-48(45-12-2,46-13-3)31(32(40)43-21-24-14-16-25(17-15-24)37(41)42)36-26(20-28(38)49-22-27-34-18-19-35(27)8)29(30(36)39)23(4)47-50(9,10)33(5,6)7/h14-17,23,26,29H,11-13,18-22H2,1-10H3. The average Bonchev–Trinajstić information content (AvgIpc) is 3.45. The smallest absolute Gasteiger partial charge is 0.362 e. The number of ether oxygens (including phenoxy) is 1. The van der Waals surface area contributed by atoms with Gasteiger partial charge in [0, 0.05) is 32.1 Å². The first-order valence-corrected chi connectivity index (χ1v) is 22.4. The third-order valence-electron chi connectivity index (χ3n) is 9.05. The highest BCUT2D eigenvalue weighted by Crippen LogP contribution is 2.55. The van der Waals surface area contributed by atoms with Crippen LogP contribution in [0.25, 0.3) is 0 Å². The van der Waals surface area contributed by atoms with Gasteiger partial charge in [0.05, 0.1) is 55.1 Å². The number of non-ortho nitro benzene ring substituents is 1. The lowest BCUT2D eigenvalue weighted by atomic mass is 9.81. The number of carbonyl (C=O) groups is 3. The van der Waals surface area contributed by atoms with Crippen LogP contribution in [-0.4, -0.2) is 109 Å². The number of benzene rings is 1. The molecule has 0 bridgehead atoms. The molecule has 1 aromatic rings. The summed E-state index contributed by atoms with van der Waals surface area (Å²) < 4.78 is 30.8. The molecule has 17 heteroatoms. The number of rotatable bonds is 18. The maximum absolute atomic E-state index is 14.4. The molecular formula is C33H53N4O10PSSi. The first-order valence-electron chi connectivity index (χ1n) is 16.9. The summed E-state index contributed by atoms with van der Waals surface area (Å²) in [6.45, 7) is 19.0. The van der Waals surface area contributed by atoms with Crippen LogP contribution in [-0.2, 0) is 43.7 Å². The van der Waals surface area contributed by atoms with Crippen LogP contribution in [0.5, 0.6) is 0 Å². The Morgan fingerprint density at radius 3 is 2.16 bits per heavy atom. The number of likely N-dealkylation sites (N-methyl/N-ethyl adjacent to an activating group) is 1. The Morgan fingerprint density at radius 1 is 1.10 bits per heavy atom. The number of nitrogens with zero attached hydrogens (tertiary/aromatic N) is 4. The zero-order valence-electron chi connectivity index (χ0n) is 30.9. The number of esters is 1. The predicted molar refractivity (Wildman–Crippen MR) is 199 cm³/mol. The van der Waals surface area contributed by atoms with Gasteiger partial charge in [0.25, 0.3) is 13.3 Å². The fourth-order valence-corrected chi connectivity index (χ4v) is 10.2. The Morgan fingerprint density at radius 2 is 1.68 bits per heavy atom. The van der Waals surface area contributed by atoms with Crippen LogP contribution < -0.4 is 0 Å². The van der Waals surface area contributed by atoms with Crippen molar-refractivity contribution in [3.8, 4) is 0 Å². The molecule has 1 amide bonds. The zero-order valence-corrected chi connectivity index (χ0v) is 33.6. The van der Waals surface area contributed by atoms with Crippen molar-refractivity contribution in [2.45, 2.75) is 91.8 Å². The summed E-state index contributed by atoms with van der Waals surface area (Å²) in [5.41, 5.74) is 0.154. The minimum Gasteiger partial charge on any atom is -0.456 e. The second-order valence-electron chi connectivity index (χ2n) is 13.5. The minimum absolute atomic E-state index is 0.0766. The molecule has 1 fully saturated rings. The van der Waals surface area contributed by atoms with E-state index in [2.05, 4.69) is 38.9 Å². The largest absolute Gasteiger partial charge is 0.456 e. The van der Waals surface area contributed by atoms with Crippen molar-refractivity contribution in [2.24, 2.45) is 10.9 Å². The summed E-state index contributed by atoms with van der Waals surface area (Å²) in [5.74, 6) is -0.872. The van der Waals surface area contributed by atoms with Gasteiger partial charge in [-0.15, -0.1) is 0 Å². The van der Waals surface area contributed by atoms with Gasteiger partial charge in [-0.3, -0.25) is 29.6 Å². The Kier molecular flexibility index (Phi) is 14.9. The Balaban J connectivity index is 2.08. The van der Waals surface area contributed by atoms with Crippen molar-refractivity contribution in [3.05, 3.63) is 39.9 Å². The first-order chi connectivity index (χ1) is 23.4. The van der Waals surface area contributed by atoms with Crippen molar-refractivity contribution < 1.29 is 42.0 Å². The molecule has 2 aliphatic heterocycles. The molecule has 2 aliphatic rings. The van der Waals surface area contributed by atoms with Crippen molar-refractivity contribution in [1.29, 1.82) is 0 Å². The number of likely N-dealkylation sites (tertiary alicyclic amines) is 1. The van der Waals surface area contributed by atoms with Crippen molar-refractivity contribution >= 4 is 61.6 Å². The van der Waals surface area contributed by atoms with Crippen LogP contribution in [0.1, 0.15) is 60.5 Å². The van der Waals surface area contributed by atoms with Crippen LogP contribution in [0.4, 0.5) is 5.69 Å². The number of amidine groups is 1. The van der Waals surface area contributed by atoms with Crippen LogP contribution in [0, 0.1) is 16.0 Å². The van der Waals surface area contributed by atoms with Crippen LogP contribution in [0.15, 0.2) is 29.3 Å². The third kappa shape index (κ3) is 9.84. The minimum atomic E-state index is -3.73. The van der Waals surface area contributed by atoms with E-state index in [1.54, 1.807) is 20.8 Å². The molecule has 0 N–H and O–H groups in total. The Bertz CT molecular complexity index is 1460. The number of carbonyl (C=O) groups excluding carboxylic acids is 3. The number of β-lactam (4-membered cyclic amide) rings is 1. The summed E-state index contributed by atoms with van der Waals surface area (Å²) in [6, 6.07) is 4.81. The van der Waals surface area contributed by atoms with Crippen molar-refractivity contribution in [1.82, 2.24) is 9.80 Å². The third-order valence-corrected chi connectivity index (χ3v) is 17.2. The normalized spacial score (nSPS) is 18.8. The monoisotopic (exact) mass is 756 g/mol. The Hall–Kier alpha value is -2.59. The Labute approximate surface area is 301 Å². The maximum atomic E-state index is 14.4. The number of nitro benzene ring substituents is 1. The van der Waals surface area contributed by atoms with E-state index in [1.165, 1.54) is 29.2 Å². The maximum Gasteiger partial charge on any atom is 0.362 e. The summed E-state index contributed by atoms with van der Waals surface area (Å²) >= 11 is 1.12. The molecule has 3 unspecified atom stereocenters. The molecule has 0 saturated carbocycles. The quantitative estimate of drug-likeness (QED) is 0.0439. The van der Waals surface area contributed by atoms with Crippen LogP contribution in [0.3, 0.4) is 0 Å². The second-order valence-corrected chi connectivity index (χ2v) is 21.5.